The molecule has 3 aromatic rings. The summed E-state index contributed by atoms with van der Waals surface area (Å²) in [4.78, 5) is 24.6. The Morgan fingerprint density at radius 3 is 2.48 bits per heavy atom. The van der Waals surface area contributed by atoms with Crippen molar-refractivity contribution in [3.05, 3.63) is 60.4 Å². The molecule has 0 aliphatic carbocycles. The fourth-order valence-electron chi connectivity index (χ4n) is 2.41. The lowest BCUT2D eigenvalue weighted by Gasteiger charge is -2.07. The lowest BCUT2D eigenvalue weighted by atomic mass is 10.2. The van der Waals surface area contributed by atoms with E-state index in [0.29, 0.717) is 29.0 Å². The van der Waals surface area contributed by atoms with Gasteiger partial charge in [-0.15, -0.1) is 0 Å². The van der Waals surface area contributed by atoms with Gasteiger partial charge in [0, 0.05) is 17.7 Å². The third-order valence-electron chi connectivity index (χ3n) is 3.54. The van der Waals surface area contributed by atoms with E-state index in [1.54, 1.807) is 37.3 Å². The molecule has 1 aromatic heterocycles. The molecular formula is C19H18N2O4. The smallest absolute Gasteiger partial charge is 0.293 e. The summed E-state index contributed by atoms with van der Waals surface area (Å²) in [6.45, 7) is 2.15. The van der Waals surface area contributed by atoms with Gasteiger partial charge in [-0.05, 0) is 31.2 Å². The van der Waals surface area contributed by atoms with E-state index >= 15 is 0 Å². The van der Waals surface area contributed by atoms with E-state index in [1.807, 2.05) is 24.3 Å². The summed E-state index contributed by atoms with van der Waals surface area (Å²) in [5, 5.41) is 6.14. The van der Waals surface area contributed by atoms with Crippen LogP contribution in [0.1, 0.15) is 17.5 Å². The van der Waals surface area contributed by atoms with E-state index in [-0.39, 0.29) is 18.3 Å². The van der Waals surface area contributed by atoms with Crippen LogP contribution in [0.3, 0.4) is 0 Å². The maximum absolute atomic E-state index is 12.6. The van der Waals surface area contributed by atoms with Crippen molar-refractivity contribution in [2.75, 3.05) is 23.8 Å². The molecule has 0 fully saturated rings. The molecule has 2 aromatic carbocycles. The number of hydrogen-bond acceptors (Lipinski definition) is 4. The number of ether oxygens (including phenoxy) is 1. The zero-order chi connectivity index (χ0) is 17.6. The molecule has 0 bridgehead atoms. The number of carbonyl (C=O) groups excluding carboxylic acids is 2. The highest BCUT2D eigenvalue weighted by atomic mass is 16.5. The maximum atomic E-state index is 12.6. The Labute approximate surface area is 144 Å². The van der Waals surface area contributed by atoms with Crippen molar-refractivity contribution < 1.29 is 18.7 Å². The number of anilines is 2. The van der Waals surface area contributed by atoms with Crippen LogP contribution in [-0.2, 0) is 9.53 Å². The minimum absolute atomic E-state index is 0.0508. The van der Waals surface area contributed by atoms with Gasteiger partial charge in [0.2, 0.25) is 11.7 Å². The Kier molecular flexibility index (Phi) is 5.11. The van der Waals surface area contributed by atoms with E-state index in [0.717, 1.165) is 0 Å². The molecule has 0 aliphatic rings. The fraction of sp³-hybridized carbons (Fsp3) is 0.158. The molecule has 6 nitrogen and oxygen atoms in total. The zero-order valence-corrected chi connectivity index (χ0v) is 13.7. The van der Waals surface area contributed by atoms with E-state index in [4.69, 9.17) is 9.15 Å². The predicted molar refractivity (Wildman–Crippen MR) is 95.7 cm³/mol. The van der Waals surface area contributed by atoms with Crippen LogP contribution >= 0.6 is 0 Å². The molecule has 0 radical (unpaired) electrons. The van der Waals surface area contributed by atoms with E-state index < -0.39 is 5.91 Å². The number of fused-ring (bicyclic) bond motifs is 1. The summed E-state index contributed by atoms with van der Waals surface area (Å²) < 4.78 is 10.8. The van der Waals surface area contributed by atoms with Crippen molar-refractivity contribution in [2.24, 2.45) is 0 Å². The second-order valence-electron chi connectivity index (χ2n) is 5.31. The Hall–Kier alpha value is -3.12. The molecule has 2 amide bonds. The predicted octanol–water partition coefficient (Wildman–Crippen LogP) is 3.66. The first kappa shape index (κ1) is 16.7. The summed E-state index contributed by atoms with van der Waals surface area (Å²) >= 11 is 0. The molecule has 0 atom stereocenters. The molecular weight excluding hydrogens is 320 g/mol. The lowest BCUT2D eigenvalue weighted by molar-refractivity contribution is -0.120. The number of nitrogens with one attached hydrogen (secondary N) is 2. The molecule has 0 spiro atoms. The van der Waals surface area contributed by atoms with Crippen LogP contribution in [-0.4, -0.2) is 25.0 Å². The summed E-state index contributed by atoms with van der Waals surface area (Å²) in [7, 11) is 0. The number of carbonyl (C=O) groups is 2. The third kappa shape index (κ3) is 3.87. The van der Waals surface area contributed by atoms with Crippen molar-refractivity contribution in [3.63, 3.8) is 0 Å². The average Bonchev–Trinajstić information content (AvgIpc) is 2.99. The van der Waals surface area contributed by atoms with Gasteiger partial charge in [0.05, 0.1) is 0 Å². The first-order valence-electron chi connectivity index (χ1n) is 7.94. The summed E-state index contributed by atoms with van der Waals surface area (Å²) in [6.07, 6.45) is 0. The van der Waals surface area contributed by atoms with E-state index in [9.17, 15) is 9.59 Å². The summed E-state index contributed by atoms with van der Waals surface area (Å²) in [6, 6.07) is 16.2. The van der Waals surface area contributed by atoms with Gasteiger partial charge in [0.25, 0.3) is 5.91 Å². The maximum Gasteiger partial charge on any atom is 0.293 e. The molecule has 0 saturated carbocycles. The van der Waals surface area contributed by atoms with Crippen LogP contribution in [0.4, 0.5) is 11.4 Å². The summed E-state index contributed by atoms with van der Waals surface area (Å²) in [5.74, 6) is -0.730. The molecule has 0 unspecified atom stereocenters. The highest BCUT2D eigenvalue weighted by Gasteiger charge is 2.22. The first-order chi connectivity index (χ1) is 12.2. The summed E-state index contributed by atoms with van der Waals surface area (Å²) in [5.41, 5.74) is 1.50. The molecule has 3 rings (SSSR count). The van der Waals surface area contributed by atoms with Gasteiger partial charge in [0.15, 0.2) is 0 Å². The SMILES string of the molecule is CCOCC(=O)Nc1c(C(=O)Nc2ccccc2)oc2ccccc12. The largest absolute Gasteiger partial charge is 0.449 e. The second kappa shape index (κ2) is 7.63. The lowest BCUT2D eigenvalue weighted by Crippen LogP contribution is -2.20. The highest BCUT2D eigenvalue weighted by Crippen LogP contribution is 2.31. The number of amides is 2. The van der Waals surface area contributed by atoms with Gasteiger partial charge in [-0.3, -0.25) is 9.59 Å². The van der Waals surface area contributed by atoms with Gasteiger partial charge in [-0.1, -0.05) is 30.3 Å². The van der Waals surface area contributed by atoms with Crippen LogP contribution < -0.4 is 10.6 Å². The molecule has 25 heavy (non-hydrogen) atoms. The van der Waals surface area contributed by atoms with Crippen molar-refractivity contribution >= 4 is 34.2 Å². The van der Waals surface area contributed by atoms with E-state index in [2.05, 4.69) is 10.6 Å². The molecule has 2 N–H and O–H groups in total. The third-order valence-corrected chi connectivity index (χ3v) is 3.54. The quantitative estimate of drug-likeness (QED) is 0.719. The molecule has 128 valence electrons. The van der Waals surface area contributed by atoms with Crippen molar-refractivity contribution in [1.29, 1.82) is 0 Å². The molecule has 1 heterocycles. The van der Waals surface area contributed by atoms with Crippen LogP contribution in [0.2, 0.25) is 0 Å². The normalized spacial score (nSPS) is 10.6. The standard InChI is InChI=1S/C19H18N2O4/c1-2-24-12-16(22)21-17-14-10-6-7-11-15(14)25-18(17)19(23)20-13-8-4-3-5-9-13/h3-11H,2,12H2,1H3,(H,20,23)(H,21,22). The number of benzene rings is 2. The van der Waals surface area contributed by atoms with Crippen LogP contribution in [0.5, 0.6) is 0 Å². The van der Waals surface area contributed by atoms with Gasteiger partial charge >= 0.3 is 0 Å². The van der Waals surface area contributed by atoms with E-state index in [1.165, 1.54) is 0 Å². The van der Waals surface area contributed by atoms with Crippen molar-refractivity contribution in [1.82, 2.24) is 0 Å². The number of para-hydroxylation sites is 2. The Morgan fingerprint density at radius 2 is 1.72 bits per heavy atom. The van der Waals surface area contributed by atoms with Crippen molar-refractivity contribution in [3.8, 4) is 0 Å². The van der Waals surface area contributed by atoms with Crippen LogP contribution in [0.15, 0.2) is 59.0 Å². The average molecular weight is 338 g/mol. The van der Waals surface area contributed by atoms with Gasteiger partial charge in [0.1, 0.15) is 17.9 Å². The minimum atomic E-state index is -0.436. The van der Waals surface area contributed by atoms with Gasteiger partial charge < -0.3 is 19.8 Å². The Balaban J connectivity index is 1.92. The zero-order valence-electron chi connectivity index (χ0n) is 13.7. The first-order valence-corrected chi connectivity index (χ1v) is 7.94. The Morgan fingerprint density at radius 1 is 1.00 bits per heavy atom. The topological polar surface area (TPSA) is 80.6 Å². The number of furan rings is 1. The van der Waals surface area contributed by atoms with Crippen LogP contribution in [0.25, 0.3) is 11.0 Å². The number of hydrogen-bond donors (Lipinski definition) is 2. The molecule has 0 aliphatic heterocycles. The fourth-order valence-corrected chi connectivity index (χ4v) is 2.41. The van der Waals surface area contributed by atoms with Crippen LogP contribution in [0, 0.1) is 0 Å². The van der Waals surface area contributed by atoms with Gasteiger partial charge in [-0.2, -0.15) is 0 Å². The number of rotatable bonds is 6. The second-order valence-corrected chi connectivity index (χ2v) is 5.31. The molecule has 0 saturated heterocycles. The Bertz CT molecular complexity index is 887. The molecule has 6 heteroatoms. The monoisotopic (exact) mass is 338 g/mol. The van der Waals surface area contributed by atoms with Gasteiger partial charge in [-0.25, -0.2) is 0 Å². The highest BCUT2D eigenvalue weighted by molar-refractivity contribution is 6.14. The van der Waals surface area contributed by atoms with Crippen molar-refractivity contribution in [2.45, 2.75) is 6.92 Å². The minimum Gasteiger partial charge on any atom is -0.449 e.